The van der Waals surface area contributed by atoms with Crippen molar-refractivity contribution in [2.24, 2.45) is 5.92 Å². The molecular formula is C14H19FN2O. The molecule has 0 atom stereocenters. The monoisotopic (exact) mass is 250 g/mol. The fourth-order valence-electron chi connectivity index (χ4n) is 2.30. The molecule has 0 bridgehead atoms. The highest BCUT2D eigenvalue weighted by atomic mass is 19.1. The molecule has 0 spiro atoms. The minimum Gasteiger partial charge on any atom is -0.352 e. The summed E-state index contributed by atoms with van der Waals surface area (Å²) in [5, 5.41) is 6.10. The fraction of sp³-hybridized carbons (Fsp3) is 0.500. The number of piperidine rings is 1. The first-order valence-corrected chi connectivity index (χ1v) is 6.51. The number of nitrogens with one attached hydrogen (secondary N) is 2. The van der Waals surface area contributed by atoms with E-state index in [9.17, 15) is 9.18 Å². The molecule has 0 aromatic heterocycles. The van der Waals surface area contributed by atoms with Crippen LogP contribution in [-0.4, -0.2) is 25.5 Å². The van der Waals surface area contributed by atoms with Gasteiger partial charge in [0.05, 0.1) is 5.56 Å². The normalized spacial score (nSPS) is 16.5. The van der Waals surface area contributed by atoms with Crippen LogP contribution < -0.4 is 10.6 Å². The van der Waals surface area contributed by atoms with Crippen molar-refractivity contribution in [2.45, 2.75) is 19.3 Å². The highest BCUT2D eigenvalue weighted by Crippen LogP contribution is 2.15. The molecule has 18 heavy (non-hydrogen) atoms. The standard InChI is InChI=1S/C14H19FN2O/c15-13-4-2-1-3-12(13)14(18)17-10-7-11-5-8-16-9-6-11/h1-4,11,16H,5-10H2,(H,17,18). The van der Waals surface area contributed by atoms with E-state index in [1.165, 1.54) is 12.1 Å². The second-order valence-electron chi connectivity index (χ2n) is 4.72. The minimum absolute atomic E-state index is 0.128. The lowest BCUT2D eigenvalue weighted by molar-refractivity contribution is 0.0946. The second kappa shape index (κ2) is 6.50. The van der Waals surface area contributed by atoms with Crippen LogP contribution in [0.5, 0.6) is 0 Å². The molecule has 2 N–H and O–H groups in total. The van der Waals surface area contributed by atoms with Crippen molar-refractivity contribution in [1.29, 1.82) is 0 Å². The van der Waals surface area contributed by atoms with Crippen LogP contribution in [-0.2, 0) is 0 Å². The molecule has 3 nitrogen and oxygen atoms in total. The summed E-state index contributed by atoms with van der Waals surface area (Å²) < 4.78 is 13.4. The Morgan fingerprint density at radius 3 is 2.78 bits per heavy atom. The van der Waals surface area contributed by atoms with Gasteiger partial charge in [0, 0.05) is 6.54 Å². The van der Waals surface area contributed by atoms with Crippen molar-refractivity contribution >= 4 is 5.91 Å². The van der Waals surface area contributed by atoms with Crippen molar-refractivity contribution < 1.29 is 9.18 Å². The van der Waals surface area contributed by atoms with Gasteiger partial charge in [-0.3, -0.25) is 4.79 Å². The number of carbonyl (C=O) groups excluding carboxylic acids is 1. The molecule has 1 aliphatic heterocycles. The van der Waals surface area contributed by atoms with Gasteiger partial charge in [-0.05, 0) is 50.4 Å². The number of carbonyl (C=O) groups is 1. The van der Waals surface area contributed by atoms with Gasteiger partial charge in [0.1, 0.15) is 5.82 Å². The molecule has 98 valence electrons. The number of amides is 1. The van der Waals surface area contributed by atoms with Crippen LogP contribution >= 0.6 is 0 Å². The summed E-state index contributed by atoms with van der Waals surface area (Å²) in [6, 6.07) is 6.07. The Morgan fingerprint density at radius 2 is 2.06 bits per heavy atom. The second-order valence-corrected chi connectivity index (χ2v) is 4.72. The third-order valence-electron chi connectivity index (χ3n) is 3.42. The topological polar surface area (TPSA) is 41.1 Å². The predicted molar refractivity (Wildman–Crippen MR) is 68.9 cm³/mol. The lowest BCUT2D eigenvalue weighted by atomic mass is 9.95. The van der Waals surface area contributed by atoms with Crippen molar-refractivity contribution in [3.8, 4) is 0 Å². The molecule has 0 unspecified atom stereocenters. The lowest BCUT2D eigenvalue weighted by Crippen LogP contribution is -2.31. The molecule has 1 aromatic carbocycles. The molecule has 1 saturated heterocycles. The molecule has 1 amide bonds. The fourth-order valence-corrected chi connectivity index (χ4v) is 2.30. The van der Waals surface area contributed by atoms with Gasteiger partial charge in [-0.2, -0.15) is 0 Å². The quantitative estimate of drug-likeness (QED) is 0.857. The number of benzene rings is 1. The molecule has 4 heteroatoms. The van der Waals surface area contributed by atoms with Crippen molar-refractivity contribution in [3.05, 3.63) is 35.6 Å². The summed E-state index contributed by atoms with van der Waals surface area (Å²) in [6.07, 6.45) is 3.30. The van der Waals surface area contributed by atoms with Crippen molar-refractivity contribution in [1.82, 2.24) is 10.6 Å². The summed E-state index contributed by atoms with van der Waals surface area (Å²) in [7, 11) is 0. The van der Waals surface area contributed by atoms with Crippen LogP contribution in [0.2, 0.25) is 0 Å². The summed E-state index contributed by atoms with van der Waals surface area (Å²) in [5.74, 6) is -0.105. The molecule has 1 aliphatic rings. The van der Waals surface area contributed by atoms with Crippen LogP contribution in [0.4, 0.5) is 4.39 Å². The Hall–Kier alpha value is -1.42. The Kier molecular flexibility index (Phi) is 4.70. The van der Waals surface area contributed by atoms with Crippen LogP contribution in [0.25, 0.3) is 0 Å². The minimum atomic E-state index is -0.461. The molecule has 2 rings (SSSR count). The largest absolute Gasteiger partial charge is 0.352 e. The van der Waals surface area contributed by atoms with Crippen LogP contribution in [0.3, 0.4) is 0 Å². The zero-order valence-corrected chi connectivity index (χ0v) is 10.4. The molecule has 0 saturated carbocycles. The molecule has 1 fully saturated rings. The number of hydrogen-bond donors (Lipinski definition) is 2. The maximum absolute atomic E-state index is 13.4. The van der Waals surface area contributed by atoms with Gasteiger partial charge in [0.25, 0.3) is 5.91 Å². The van der Waals surface area contributed by atoms with Gasteiger partial charge in [-0.15, -0.1) is 0 Å². The first-order chi connectivity index (χ1) is 8.77. The zero-order chi connectivity index (χ0) is 12.8. The lowest BCUT2D eigenvalue weighted by Gasteiger charge is -2.22. The highest BCUT2D eigenvalue weighted by molar-refractivity contribution is 5.94. The average Bonchev–Trinajstić information content (AvgIpc) is 2.40. The van der Waals surface area contributed by atoms with E-state index in [0.29, 0.717) is 12.5 Å². The Bertz CT molecular complexity index is 403. The van der Waals surface area contributed by atoms with E-state index in [-0.39, 0.29) is 11.5 Å². The third kappa shape index (κ3) is 3.53. The summed E-state index contributed by atoms with van der Waals surface area (Å²) in [6.45, 7) is 2.75. The molecule has 1 aromatic rings. The molecule has 0 radical (unpaired) electrons. The Balaban J connectivity index is 1.76. The summed E-state index contributed by atoms with van der Waals surface area (Å²) in [5.41, 5.74) is 0.128. The summed E-state index contributed by atoms with van der Waals surface area (Å²) in [4.78, 5) is 11.7. The van der Waals surface area contributed by atoms with Gasteiger partial charge in [-0.25, -0.2) is 4.39 Å². The van der Waals surface area contributed by atoms with E-state index in [4.69, 9.17) is 0 Å². The van der Waals surface area contributed by atoms with E-state index in [1.54, 1.807) is 12.1 Å². The van der Waals surface area contributed by atoms with E-state index < -0.39 is 5.82 Å². The highest BCUT2D eigenvalue weighted by Gasteiger charge is 2.14. The van der Waals surface area contributed by atoms with Gasteiger partial charge in [0.15, 0.2) is 0 Å². The van der Waals surface area contributed by atoms with Crippen LogP contribution in [0.15, 0.2) is 24.3 Å². The van der Waals surface area contributed by atoms with Crippen LogP contribution in [0, 0.1) is 11.7 Å². The summed E-state index contributed by atoms with van der Waals surface area (Å²) >= 11 is 0. The van der Waals surface area contributed by atoms with E-state index in [2.05, 4.69) is 10.6 Å². The number of hydrogen-bond acceptors (Lipinski definition) is 2. The number of rotatable bonds is 4. The maximum atomic E-state index is 13.4. The number of halogens is 1. The average molecular weight is 250 g/mol. The Morgan fingerprint density at radius 1 is 1.33 bits per heavy atom. The Labute approximate surface area is 107 Å². The van der Waals surface area contributed by atoms with Gasteiger partial charge in [0.2, 0.25) is 0 Å². The first-order valence-electron chi connectivity index (χ1n) is 6.51. The van der Waals surface area contributed by atoms with E-state index in [1.807, 2.05) is 0 Å². The van der Waals surface area contributed by atoms with Gasteiger partial charge in [-0.1, -0.05) is 12.1 Å². The van der Waals surface area contributed by atoms with Crippen LogP contribution in [0.1, 0.15) is 29.6 Å². The SMILES string of the molecule is O=C(NCCC1CCNCC1)c1ccccc1F. The van der Waals surface area contributed by atoms with Crippen molar-refractivity contribution in [2.75, 3.05) is 19.6 Å². The molecule has 1 heterocycles. The van der Waals surface area contributed by atoms with E-state index >= 15 is 0 Å². The van der Waals surface area contributed by atoms with Gasteiger partial charge < -0.3 is 10.6 Å². The predicted octanol–water partition coefficient (Wildman–Crippen LogP) is 1.95. The van der Waals surface area contributed by atoms with Gasteiger partial charge >= 0.3 is 0 Å². The third-order valence-corrected chi connectivity index (χ3v) is 3.42. The van der Waals surface area contributed by atoms with E-state index in [0.717, 1.165) is 32.4 Å². The van der Waals surface area contributed by atoms with Crippen molar-refractivity contribution in [3.63, 3.8) is 0 Å². The smallest absolute Gasteiger partial charge is 0.254 e. The maximum Gasteiger partial charge on any atom is 0.254 e. The zero-order valence-electron chi connectivity index (χ0n) is 10.4. The molecule has 0 aliphatic carbocycles. The first kappa shape index (κ1) is 13.0. The molecular weight excluding hydrogens is 231 g/mol.